The van der Waals surface area contributed by atoms with E-state index in [1.54, 1.807) is 6.07 Å². The van der Waals surface area contributed by atoms with Gasteiger partial charge >= 0.3 is 0 Å². The molecule has 0 bridgehead atoms. The number of carbonyl (C=O) groups is 1. The molecule has 1 aliphatic rings. The third kappa shape index (κ3) is 5.03. The quantitative estimate of drug-likeness (QED) is 0.321. The largest absolute Gasteiger partial charge is 0.493 e. The van der Waals surface area contributed by atoms with Crippen molar-refractivity contribution in [3.8, 4) is 23.1 Å². The Bertz CT molecular complexity index is 1590. The van der Waals surface area contributed by atoms with Crippen LogP contribution in [0.15, 0.2) is 46.7 Å². The lowest BCUT2D eigenvalue weighted by Gasteiger charge is -2.23. The van der Waals surface area contributed by atoms with Crippen LogP contribution in [0.4, 0.5) is 4.39 Å². The third-order valence-electron chi connectivity index (χ3n) is 7.36. The monoisotopic (exact) mass is 561 g/mol. The van der Waals surface area contributed by atoms with Crippen molar-refractivity contribution in [2.45, 2.75) is 58.8 Å². The summed E-state index contributed by atoms with van der Waals surface area (Å²) in [5.74, 6) is -1.18. The molecule has 1 unspecified atom stereocenters. The minimum atomic E-state index is -0.803. The number of amides is 1. The number of likely N-dealkylation sites (tertiary alicyclic amines) is 1. The number of halogens is 1. The number of thiazole rings is 1. The number of carbonyl (C=O) groups excluding carboxylic acids is 1. The Balaban J connectivity index is 1.65. The predicted octanol–water partition coefficient (Wildman–Crippen LogP) is 5.47. The molecule has 40 heavy (non-hydrogen) atoms. The molecule has 8 nitrogen and oxygen atoms in total. The van der Waals surface area contributed by atoms with E-state index < -0.39 is 23.2 Å². The maximum absolute atomic E-state index is 13.8. The molecule has 10 heteroatoms. The van der Waals surface area contributed by atoms with E-state index >= 15 is 0 Å². The topological polar surface area (TPSA) is 101 Å². The Morgan fingerprint density at radius 2 is 1.88 bits per heavy atom. The number of benzene rings is 1. The van der Waals surface area contributed by atoms with Crippen LogP contribution in [0.2, 0.25) is 0 Å². The number of pyridine rings is 1. The van der Waals surface area contributed by atoms with E-state index in [1.807, 2.05) is 51.3 Å². The second-order valence-electron chi connectivity index (χ2n) is 10.3. The molecule has 5 rings (SSSR count). The maximum atomic E-state index is 13.8. The highest BCUT2D eigenvalue weighted by Gasteiger charge is 2.34. The van der Waals surface area contributed by atoms with Crippen LogP contribution in [0, 0.1) is 5.82 Å². The van der Waals surface area contributed by atoms with Gasteiger partial charge < -0.3 is 10.0 Å². The molecule has 1 N–H and O–H groups in total. The molecule has 0 spiro atoms. The second kappa shape index (κ2) is 11.3. The van der Waals surface area contributed by atoms with E-state index in [0.717, 1.165) is 22.3 Å². The van der Waals surface area contributed by atoms with E-state index in [0.29, 0.717) is 49.4 Å². The Labute approximate surface area is 236 Å². The molecule has 1 atom stereocenters. The number of hydrogen-bond donors (Lipinski definition) is 1. The van der Waals surface area contributed by atoms with Crippen LogP contribution >= 0.6 is 11.3 Å². The van der Waals surface area contributed by atoms with Crippen molar-refractivity contribution in [3.05, 3.63) is 85.5 Å². The fourth-order valence-electron chi connectivity index (χ4n) is 5.21. The highest BCUT2D eigenvalue weighted by Crippen LogP contribution is 2.35. The molecular formula is C30H32FN5O3S. The van der Waals surface area contributed by atoms with Gasteiger partial charge in [0.25, 0.3) is 11.5 Å². The summed E-state index contributed by atoms with van der Waals surface area (Å²) in [6.45, 7) is 8.78. The first-order valence-corrected chi connectivity index (χ1v) is 14.4. The Hall–Kier alpha value is -3.92. The first-order chi connectivity index (χ1) is 19.2. The Morgan fingerprint density at radius 3 is 2.48 bits per heavy atom. The highest BCUT2D eigenvalue weighted by molar-refractivity contribution is 7.10. The third-order valence-corrected chi connectivity index (χ3v) is 8.51. The van der Waals surface area contributed by atoms with Crippen LogP contribution in [0.3, 0.4) is 0 Å². The number of rotatable bonds is 7. The van der Waals surface area contributed by atoms with Crippen molar-refractivity contribution in [1.29, 1.82) is 0 Å². The van der Waals surface area contributed by atoms with Gasteiger partial charge in [0, 0.05) is 36.0 Å². The Kier molecular flexibility index (Phi) is 7.80. The van der Waals surface area contributed by atoms with Crippen LogP contribution < -0.4 is 5.56 Å². The van der Waals surface area contributed by atoms with Crippen LogP contribution in [-0.2, 0) is 12.8 Å². The smallest absolute Gasteiger partial charge is 0.290 e. The van der Waals surface area contributed by atoms with Crippen LogP contribution in [0.1, 0.15) is 78.1 Å². The van der Waals surface area contributed by atoms with Crippen molar-refractivity contribution < 1.29 is 14.3 Å². The zero-order valence-electron chi connectivity index (χ0n) is 23.0. The molecule has 1 amide bonds. The highest BCUT2D eigenvalue weighted by atomic mass is 32.1. The zero-order chi connectivity index (χ0) is 28.6. The summed E-state index contributed by atoms with van der Waals surface area (Å²) >= 11 is 1.47. The van der Waals surface area contributed by atoms with Gasteiger partial charge in [-0.3, -0.25) is 19.1 Å². The minimum absolute atomic E-state index is 0.0990. The lowest BCUT2D eigenvalue weighted by atomic mass is 10.0. The number of aromatic nitrogens is 4. The lowest BCUT2D eigenvalue weighted by molar-refractivity contribution is 0.0784. The summed E-state index contributed by atoms with van der Waals surface area (Å²) in [7, 11) is 0. The molecule has 0 radical (unpaired) electrons. The summed E-state index contributed by atoms with van der Waals surface area (Å²) in [4.78, 5) is 42.0. The zero-order valence-corrected chi connectivity index (χ0v) is 23.8. The number of para-hydroxylation sites is 1. The van der Waals surface area contributed by atoms with Crippen molar-refractivity contribution in [3.63, 3.8) is 0 Å². The number of hydrogen-bond acceptors (Lipinski definition) is 7. The second-order valence-corrected chi connectivity index (χ2v) is 11.2. The van der Waals surface area contributed by atoms with E-state index in [2.05, 4.69) is 9.97 Å². The molecule has 1 fully saturated rings. The lowest BCUT2D eigenvalue weighted by Crippen LogP contribution is -2.34. The summed E-state index contributed by atoms with van der Waals surface area (Å²) in [5, 5.41) is 14.5. The van der Waals surface area contributed by atoms with Crippen molar-refractivity contribution in [1.82, 2.24) is 24.4 Å². The van der Waals surface area contributed by atoms with E-state index in [-0.39, 0.29) is 23.2 Å². The van der Waals surface area contributed by atoms with Crippen LogP contribution in [0.25, 0.3) is 17.2 Å². The number of nitrogens with zero attached hydrogens (tertiary/aromatic N) is 5. The molecule has 0 aliphatic carbocycles. The molecule has 1 aromatic carbocycles. The van der Waals surface area contributed by atoms with E-state index in [9.17, 15) is 19.1 Å². The van der Waals surface area contributed by atoms with Crippen molar-refractivity contribution in [2.75, 3.05) is 13.1 Å². The van der Waals surface area contributed by atoms with Gasteiger partial charge in [-0.25, -0.2) is 9.37 Å². The summed E-state index contributed by atoms with van der Waals surface area (Å²) in [6.07, 6.45) is 3.11. The van der Waals surface area contributed by atoms with Gasteiger partial charge in [-0.1, -0.05) is 45.9 Å². The molecular weight excluding hydrogens is 529 g/mol. The minimum Gasteiger partial charge on any atom is -0.493 e. The van der Waals surface area contributed by atoms with Crippen molar-refractivity contribution in [2.24, 2.45) is 0 Å². The van der Waals surface area contributed by atoms with Crippen LogP contribution in [-0.4, -0.2) is 48.5 Å². The number of aryl methyl sites for hydroxylation is 2. The SMILES string of the molecule is CCc1cccc(CC)c1-n1c(-c2csc(C(C)C)n2)nc(=O)c(C(=O)N2CCC(c3ccc(F)cn3)C2)c1O. The van der Waals surface area contributed by atoms with E-state index in [1.165, 1.54) is 26.9 Å². The molecule has 208 valence electrons. The van der Waals surface area contributed by atoms with Crippen LogP contribution in [0.5, 0.6) is 5.88 Å². The summed E-state index contributed by atoms with van der Waals surface area (Å²) in [5.41, 5.74) is 2.57. The standard InChI is InChI=1S/C30H32FN5O3S/c1-5-18-8-7-9-19(6-2)25(18)36-26(23-16-40-28(33-23)17(3)4)34-27(37)24(30(36)39)29(38)35-13-12-20(15-35)22-11-10-21(31)14-32-22/h7-11,14,16-17,20,39H,5-6,12-13,15H2,1-4H3. The molecule has 3 aromatic heterocycles. The van der Waals surface area contributed by atoms with Gasteiger partial charge in [0.1, 0.15) is 11.5 Å². The van der Waals surface area contributed by atoms with Gasteiger partial charge in [-0.05, 0) is 42.5 Å². The van der Waals surface area contributed by atoms with Crippen molar-refractivity contribution >= 4 is 17.2 Å². The van der Waals surface area contributed by atoms with E-state index in [4.69, 9.17) is 4.98 Å². The predicted molar refractivity (Wildman–Crippen MR) is 153 cm³/mol. The van der Waals surface area contributed by atoms with Gasteiger partial charge in [0.2, 0.25) is 5.88 Å². The average Bonchev–Trinajstić information content (AvgIpc) is 3.64. The fraction of sp³-hybridized carbons (Fsp3) is 0.367. The fourth-order valence-corrected chi connectivity index (χ4v) is 6.03. The summed E-state index contributed by atoms with van der Waals surface area (Å²) < 4.78 is 14.9. The first kappa shape index (κ1) is 27.6. The normalized spacial score (nSPS) is 15.2. The number of aromatic hydroxyl groups is 1. The molecule has 4 aromatic rings. The molecule has 4 heterocycles. The molecule has 0 saturated carbocycles. The van der Waals surface area contributed by atoms with Gasteiger partial charge in [0.05, 0.1) is 16.9 Å². The van der Waals surface area contributed by atoms with Gasteiger partial charge in [-0.2, -0.15) is 4.98 Å². The Morgan fingerprint density at radius 1 is 1.15 bits per heavy atom. The first-order valence-electron chi connectivity index (χ1n) is 13.6. The average molecular weight is 562 g/mol. The summed E-state index contributed by atoms with van der Waals surface area (Å²) in [6, 6.07) is 8.87. The molecule has 1 saturated heterocycles. The molecule has 1 aliphatic heterocycles. The maximum Gasteiger partial charge on any atom is 0.290 e. The van der Waals surface area contributed by atoms with Gasteiger partial charge in [0.15, 0.2) is 11.4 Å². The van der Waals surface area contributed by atoms with Gasteiger partial charge in [-0.15, -0.1) is 11.3 Å².